The highest BCUT2D eigenvalue weighted by Gasteiger charge is 2.66. The molecule has 2 heterocycles. The maximum atomic E-state index is 5.96. The molecule has 1 spiro atoms. The van der Waals surface area contributed by atoms with Crippen LogP contribution in [0.1, 0.15) is 62.1 Å². The van der Waals surface area contributed by atoms with E-state index in [4.69, 9.17) is 9.40 Å². The molecular weight excluding hydrogens is 308 g/mol. The molecule has 0 N–H and O–H groups in total. The second kappa shape index (κ2) is 4.69. The normalized spacial score (nSPS) is 40.9. The number of oxazole rings is 1. The Morgan fingerprint density at radius 1 is 1.04 bits per heavy atom. The summed E-state index contributed by atoms with van der Waals surface area (Å²) in [6.07, 6.45) is 8.71. The van der Waals surface area contributed by atoms with Crippen LogP contribution < -0.4 is 4.90 Å². The lowest BCUT2D eigenvalue weighted by Crippen LogP contribution is -2.62. The molecule has 0 unspecified atom stereocenters. The minimum Gasteiger partial charge on any atom is -0.446 e. The minimum atomic E-state index is 0.0707. The Morgan fingerprint density at radius 3 is 2.40 bits per heavy atom. The number of fused-ring (bicyclic) bond motifs is 1. The molecule has 3 nitrogen and oxygen atoms in total. The number of para-hydroxylation sites is 1. The number of aromatic nitrogens is 1. The van der Waals surface area contributed by atoms with Gasteiger partial charge < -0.3 is 9.32 Å². The van der Waals surface area contributed by atoms with Gasteiger partial charge in [-0.3, -0.25) is 0 Å². The average molecular weight is 334 g/mol. The molecule has 3 heteroatoms. The van der Waals surface area contributed by atoms with Crippen molar-refractivity contribution < 1.29 is 4.42 Å². The number of anilines is 1. The molecule has 25 heavy (non-hydrogen) atoms. The molecule has 1 aliphatic heterocycles. The molecule has 4 bridgehead atoms. The van der Waals surface area contributed by atoms with E-state index in [-0.39, 0.29) is 11.6 Å². The summed E-state index contributed by atoms with van der Waals surface area (Å²) in [5.41, 5.74) is 4.10. The minimum absolute atomic E-state index is 0.0707. The van der Waals surface area contributed by atoms with Crippen LogP contribution >= 0.6 is 0 Å². The molecule has 1 aromatic heterocycles. The highest BCUT2D eigenvalue weighted by atomic mass is 16.3. The molecule has 130 valence electrons. The largest absolute Gasteiger partial charge is 0.446 e. The second-order valence-corrected chi connectivity index (χ2v) is 9.03. The van der Waals surface area contributed by atoms with Crippen LogP contribution in [0.25, 0.3) is 0 Å². The number of rotatable bonds is 1. The van der Waals surface area contributed by atoms with Crippen LogP contribution in [-0.2, 0) is 5.54 Å². The standard InChI is InChI=1S/C22H26N2O/c1-13-5-3-4-6-19(13)24-14(2)20-21(23-12-25-20)22(24)17-8-15-7-16(10-17)11-18(22)9-15/h3-6,12,14-18H,7-11H2,1-2H3/t14-,15?,16?,17?,18?,22?/m0/s1. The van der Waals surface area contributed by atoms with Crippen LogP contribution in [0.5, 0.6) is 0 Å². The number of hydrogen-bond donors (Lipinski definition) is 0. The van der Waals surface area contributed by atoms with Crippen molar-refractivity contribution in [3.05, 3.63) is 47.7 Å². The Hall–Kier alpha value is -1.77. The van der Waals surface area contributed by atoms with E-state index < -0.39 is 0 Å². The van der Waals surface area contributed by atoms with Gasteiger partial charge in [0.2, 0.25) is 0 Å². The van der Waals surface area contributed by atoms with Gasteiger partial charge in [0, 0.05) is 5.69 Å². The Labute approximate surface area is 149 Å². The van der Waals surface area contributed by atoms with Gasteiger partial charge in [0.25, 0.3) is 0 Å². The summed E-state index contributed by atoms with van der Waals surface area (Å²) < 4.78 is 5.96. The molecule has 4 fully saturated rings. The van der Waals surface area contributed by atoms with Crippen molar-refractivity contribution in [1.29, 1.82) is 0 Å². The van der Waals surface area contributed by atoms with Crippen LogP contribution in [0, 0.1) is 30.6 Å². The average Bonchev–Trinajstić information content (AvgIpc) is 3.15. The summed E-state index contributed by atoms with van der Waals surface area (Å²) in [6.45, 7) is 4.57. The zero-order valence-corrected chi connectivity index (χ0v) is 15.1. The third kappa shape index (κ3) is 1.61. The monoisotopic (exact) mass is 334 g/mol. The molecular formula is C22H26N2O. The maximum absolute atomic E-state index is 5.96. The van der Waals surface area contributed by atoms with Gasteiger partial charge in [-0.05, 0) is 81.3 Å². The van der Waals surface area contributed by atoms with Gasteiger partial charge in [0.05, 0.1) is 11.6 Å². The van der Waals surface area contributed by atoms with Gasteiger partial charge in [0.15, 0.2) is 12.2 Å². The predicted molar refractivity (Wildman–Crippen MR) is 97.3 cm³/mol. The first-order valence-corrected chi connectivity index (χ1v) is 9.98. The zero-order valence-electron chi connectivity index (χ0n) is 15.1. The Morgan fingerprint density at radius 2 is 1.72 bits per heavy atom. The van der Waals surface area contributed by atoms with E-state index in [9.17, 15) is 0 Å². The topological polar surface area (TPSA) is 29.3 Å². The third-order valence-electron chi connectivity index (χ3n) is 7.90. The lowest BCUT2D eigenvalue weighted by Gasteiger charge is -2.63. The van der Waals surface area contributed by atoms with E-state index in [0.29, 0.717) is 0 Å². The first-order valence-electron chi connectivity index (χ1n) is 9.98. The van der Waals surface area contributed by atoms with Gasteiger partial charge in [-0.25, -0.2) is 4.98 Å². The van der Waals surface area contributed by atoms with Crippen molar-refractivity contribution in [2.45, 2.75) is 57.5 Å². The van der Waals surface area contributed by atoms with Crippen LogP contribution in [0.4, 0.5) is 5.69 Å². The van der Waals surface area contributed by atoms with E-state index in [2.05, 4.69) is 43.0 Å². The summed E-state index contributed by atoms with van der Waals surface area (Å²) in [6, 6.07) is 9.17. The zero-order chi connectivity index (χ0) is 16.8. The lowest BCUT2D eigenvalue weighted by atomic mass is 9.47. The van der Waals surface area contributed by atoms with Crippen LogP contribution in [0.2, 0.25) is 0 Å². The third-order valence-corrected chi connectivity index (χ3v) is 7.90. The fourth-order valence-electron chi connectivity index (χ4n) is 7.33. The fourth-order valence-corrected chi connectivity index (χ4v) is 7.33. The highest BCUT2D eigenvalue weighted by molar-refractivity contribution is 5.62. The quantitative estimate of drug-likeness (QED) is 0.716. The molecule has 4 saturated carbocycles. The molecule has 1 aromatic carbocycles. The van der Waals surface area contributed by atoms with Gasteiger partial charge in [-0.1, -0.05) is 18.2 Å². The summed E-state index contributed by atoms with van der Waals surface area (Å²) in [4.78, 5) is 7.58. The van der Waals surface area contributed by atoms with Gasteiger partial charge >= 0.3 is 0 Å². The van der Waals surface area contributed by atoms with Gasteiger partial charge in [-0.2, -0.15) is 0 Å². The summed E-state index contributed by atoms with van der Waals surface area (Å²) >= 11 is 0. The Kier molecular flexibility index (Phi) is 2.70. The maximum Gasteiger partial charge on any atom is 0.181 e. The first kappa shape index (κ1) is 14.4. The van der Waals surface area contributed by atoms with Crippen molar-refractivity contribution in [3.63, 3.8) is 0 Å². The van der Waals surface area contributed by atoms with E-state index >= 15 is 0 Å². The van der Waals surface area contributed by atoms with E-state index in [1.807, 2.05) is 0 Å². The van der Waals surface area contributed by atoms with Crippen LogP contribution in [0.3, 0.4) is 0 Å². The van der Waals surface area contributed by atoms with Gasteiger partial charge in [-0.15, -0.1) is 0 Å². The van der Waals surface area contributed by atoms with Crippen LogP contribution in [-0.4, -0.2) is 4.98 Å². The van der Waals surface area contributed by atoms with Crippen molar-refractivity contribution in [1.82, 2.24) is 4.98 Å². The van der Waals surface area contributed by atoms with Crippen molar-refractivity contribution in [3.8, 4) is 0 Å². The number of aryl methyl sites for hydroxylation is 1. The molecule has 2 aromatic rings. The summed E-state index contributed by atoms with van der Waals surface area (Å²) in [5, 5.41) is 0. The van der Waals surface area contributed by atoms with Crippen molar-refractivity contribution in [2.24, 2.45) is 23.7 Å². The number of nitrogens with zero attached hydrogens (tertiary/aromatic N) is 2. The Bertz CT molecular complexity index is 810. The fraction of sp³-hybridized carbons (Fsp3) is 0.591. The molecule has 4 aliphatic carbocycles. The smallest absolute Gasteiger partial charge is 0.181 e. The van der Waals surface area contributed by atoms with Crippen molar-refractivity contribution in [2.75, 3.05) is 4.90 Å². The Balaban J connectivity index is 1.61. The number of benzene rings is 1. The van der Waals surface area contributed by atoms with E-state index in [1.165, 1.54) is 49.0 Å². The molecule has 7 rings (SSSR count). The molecule has 0 amide bonds. The van der Waals surface area contributed by atoms with Crippen molar-refractivity contribution >= 4 is 5.69 Å². The second-order valence-electron chi connectivity index (χ2n) is 9.03. The predicted octanol–water partition coefficient (Wildman–Crippen LogP) is 5.22. The molecule has 0 saturated heterocycles. The van der Waals surface area contributed by atoms with Crippen LogP contribution in [0.15, 0.2) is 35.1 Å². The SMILES string of the molecule is Cc1ccccc1N1[C@@H](C)c2ocnc2C12C1CC3CC(C1)CC2C3. The summed E-state index contributed by atoms with van der Waals surface area (Å²) in [5.74, 6) is 4.50. The first-order chi connectivity index (χ1) is 12.2. The van der Waals surface area contributed by atoms with E-state index in [0.717, 1.165) is 29.4 Å². The van der Waals surface area contributed by atoms with Gasteiger partial charge in [0.1, 0.15) is 5.69 Å². The lowest BCUT2D eigenvalue weighted by molar-refractivity contribution is -0.0619. The number of hydrogen-bond acceptors (Lipinski definition) is 3. The molecule has 0 radical (unpaired) electrons. The molecule has 5 aliphatic rings. The highest BCUT2D eigenvalue weighted by Crippen LogP contribution is 2.68. The summed E-state index contributed by atoms with van der Waals surface area (Å²) in [7, 11) is 0. The molecule has 1 atom stereocenters. The van der Waals surface area contributed by atoms with E-state index in [1.54, 1.807) is 6.39 Å².